The summed E-state index contributed by atoms with van der Waals surface area (Å²) in [6.45, 7) is -1.47. The summed E-state index contributed by atoms with van der Waals surface area (Å²) < 4.78 is 42.5. The highest BCUT2D eigenvalue weighted by molar-refractivity contribution is 6.30. The molecular formula is C19H13ClF3N3O2. The highest BCUT2D eigenvalue weighted by atomic mass is 35.5. The molecule has 2 aromatic heterocycles. The highest BCUT2D eigenvalue weighted by Crippen LogP contribution is 2.31. The molecule has 0 radical (unpaired) electrons. The number of carbonyl (C=O) groups is 1. The van der Waals surface area contributed by atoms with Crippen LogP contribution in [0.25, 0.3) is 11.1 Å². The summed E-state index contributed by atoms with van der Waals surface area (Å²) in [5, 5.41) is 0.475. The second-order valence-electron chi connectivity index (χ2n) is 5.80. The van der Waals surface area contributed by atoms with Crippen LogP contribution in [0.1, 0.15) is 16.1 Å². The van der Waals surface area contributed by atoms with Crippen LogP contribution in [0.3, 0.4) is 0 Å². The topological polar surface area (TPSA) is 65.0 Å². The van der Waals surface area contributed by atoms with E-state index < -0.39 is 12.8 Å². The van der Waals surface area contributed by atoms with Gasteiger partial charge in [-0.2, -0.15) is 13.2 Å². The number of alkyl halides is 3. The van der Waals surface area contributed by atoms with Crippen molar-refractivity contribution in [3.8, 4) is 17.0 Å². The van der Waals surface area contributed by atoms with Gasteiger partial charge in [0.25, 0.3) is 0 Å². The van der Waals surface area contributed by atoms with Crippen LogP contribution in [-0.4, -0.2) is 33.5 Å². The minimum Gasteiger partial charge on any atom is -0.468 e. The molecule has 0 amide bonds. The van der Waals surface area contributed by atoms with Gasteiger partial charge in [-0.15, -0.1) is 0 Å². The largest absolute Gasteiger partial charge is 0.468 e. The molecule has 0 N–H and O–H groups in total. The molecule has 28 heavy (non-hydrogen) atoms. The number of halogens is 4. The fraction of sp³-hybridized carbons (Fsp3) is 0.158. The van der Waals surface area contributed by atoms with Gasteiger partial charge >= 0.3 is 6.18 Å². The zero-order valence-corrected chi connectivity index (χ0v) is 15.0. The van der Waals surface area contributed by atoms with E-state index in [0.29, 0.717) is 21.7 Å². The van der Waals surface area contributed by atoms with Gasteiger partial charge in [-0.05, 0) is 29.3 Å². The smallest absolute Gasteiger partial charge is 0.422 e. The number of carbonyl (C=O) groups excluding carboxylic acids is 1. The molecule has 0 aliphatic rings. The second kappa shape index (κ2) is 8.35. The number of ketones is 1. The molecule has 0 atom stereocenters. The summed E-state index contributed by atoms with van der Waals surface area (Å²) in [5.74, 6) is -0.476. The predicted molar refractivity (Wildman–Crippen MR) is 96.3 cm³/mol. The number of benzene rings is 1. The zero-order chi connectivity index (χ0) is 20.1. The normalized spacial score (nSPS) is 11.3. The first kappa shape index (κ1) is 19.8. The molecule has 3 rings (SSSR count). The van der Waals surface area contributed by atoms with Crippen molar-refractivity contribution in [1.82, 2.24) is 15.0 Å². The zero-order valence-electron chi connectivity index (χ0n) is 14.3. The van der Waals surface area contributed by atoms with Crippen LogP contribution in [0.15, 0.2) is 55.1 Å². The van der Waals surface area contributed by atoms with E-state index in [2.05, 4.69) is 15.0 Å². The quantitative estimate of drug-likeness (QED) is 0.560. The average Bonchev–Trinajstić information content (AvgIpc) is 2.67. The molecule has 0 fully saturated rings. The van der Waals surface area contributed by atoms with Gasteiger partial charge in [-0.1, -0.05) is 23.7 Å². The van der Waals surface area contributed by atoms with Gasteiger partial charge in [0.2, 0.25) is 5.88 Å². The van der Waals surface area contributed by atoms with Crippen molar-refractivity contribution in [2.75, 3.05) is 6.61 Å². The summed E-state index contributed by atoms with van der Waals surface area (Å²) >= 11 is 5.87. The fourth-order valence-electron chi connectivity index (χ4n) is 2.41. The fourth-order valence-corrected chi connectivity index (χ4v) is 2.54. The van der Waals surface area contributed by atoms with E-state index in [4.69, 9.17) is 16.3 Å². The third-order valence-corrected chi connectivity index (χ3v) is 3.90. The Labute approximate surface area is 163 Å². The van der Waals surface area contributed by atoms with Gasteiger partial charge in [0.1, 0.15) is 5.69 Å². The number of aromatic nitrogens is 3. The molecule has 2 heterocycles. The first-order valence-corrected chi connectivity index (χ1v) is 8.43. The van der Waals surface area contributed by atoms with Crippen LogP contribution >= 0.6 is 11.6 Å². The Hall–Kier alpha value is -3.00. The van der Waals surface area contributed by atoms with Crippen molar-refractivity contribution in [3.63, 3.8) is 0 Å². The predicted octanol–water partition coefficient (Wildman–Crippen LogP) is 4.56. The molecule has 0 saturated heterocycles. The minimum atomic E-state index is -4.50. The van der Waals surface area contributed by atoms with Gasteiger partial charge in [0, 0.05) is 35.6 Å². The molecule has 9 heteroatoms. The summed E-state index contributed by atoms with van der Waals surface area (Å²) in [5.41, 5.74) is 1.57. The van der Waals surface area contributed by atoms with Crippen molar-refractivity contribution in [2.24, 2.45) is 0 Å². The van der Waals surface area contributed by atoms with E-state index in [-0.39, 0.29) is 23.8 Å². The van der Waals surface area contributed by atoms with Crippen molar-refractivity contribution in [3.05, 3.63) is 71.4 Å². The van der Waals surface area contributed by atoms with Crippen LogP contribution in [0.2, 0.25) is 5.02 Å². The number of pyridine rings is 1. The lowest BCUT2D eigenvalue weighted by molar-refractivity contribution is -0.154. The van der Waals surface area contributed by atoms with Gasteiger partial charge < -0.3 is 4.74 Å². The molecule has 3 aromatic rings. The molecule has 5 nitrogen and oxygen atoms in total. The average molecular weight is 408 g/mol. The van der Waals surface area contributed by atoms with Crippen molar-refractivity contribution >= 4 is 17.4 Å². The summed E-state index contributed by atoms with van der Waals surface area (Å²) in [6, 6.07) is 8.03. The number of hydrogen-bond donors (Lipinski definition) is 0. The van der Waals surface area contributed by atoms with E-state index in [1.165, 1.54) is 24.8 Å². The Morgan fingerprint density at radius 1 is 1.07 bits per heavy atom. The number of Topliss-reactive ketones (excluding diaryl/α,β-unsaturated/α-hetero) is 1. The second-order valence-corrected chi connectivity index (χ2v) is 6.23. The Morgan fingerprint density at radius 3 is 2.46 bits per heavy atom. The maximum Gasteiger partial charge on any atom is 0.422 e. The standard InChI is InChI=1S/C19H13ClF3N3O2/c20-14-3-1-13(2-4-14)15-7-12(8-17(27)16-10-24-5-6-25-16)9-26-18(15)28-11-19(21,22)23/h1-7,9-10H,8,11H2. The molecule has 0 unspecified atom stereocenters. The van der Waals surface area contributed by atoms with Crippen molar-refractivity contribution in [1.29, 1.82) is 0 Å². The van der Waals surface area contributed by atoms with Gasteiger partial charge in [-0.25, -0.2) is 9.97 Å². The van der Waals surface area contributed by atoms with Gasteiger partial charge in [-0.3, -0.25) is 9.78 Å². The lowest BCUT2D eigenvalue weighted by atomic mass is 10.0. The first-order valence-electron chi connectivity index (χ1n) is 8.05. The maximum absolute atomic E-state index is 12.5. The molecule has 1 aromatic carbocycles. The number of nitrogens with zero attached hydrogens (tertiary/aromatic N) is 3. The molecule has 0 bridgehead atoms. The lowest BCUT2D eigenvalue weighted by Gasteiger charge is -2.13. The van der Waals surface area contributed by atoms with E-state index in [1.54, 1.807) is 30.3 Å². The van der Waals surface area contributed by atoms with Crippen LogP contribution in [0, 0.1) is 0 Å². The van der Waals surface area contributed by atoms with Crippen LogP contribution < -0.4 is 4.74 Å². The number of ether oxygens (including phenoxy) is 1. The SMILES string of the molecule is O=C(Cc1cnc(OCC(F)(F)F)c(-c2ccc(Cl)cc2)c1)c1cnccn1. The molecule has 144 valence electrons. The Balaban J connectivity index is 1.91. The maximum atomic E-state index is 12.5. The van der Waals surface area contributed by atoms with Crippen molar-refractivity contribution in [2.45, 2.75) is 12.6 Å². The Bertz CT molecular complexity index is 964. The monoisotopic (exact) mass is 407 g/mol. The molecule has 0 aliphatic heterocycles. The third kappa shape index (κ3) is 5.26. The lowest BCUT2D eigenvalue weighted by Crippen LogP contribution is -2.20. The number of rotatable bonds is 6. The van der Waals surface area contributed by atoms with Crippen LogP contribution in [-0.2, 0) is 6.42 Å². The van der Waals surface area contributed by atoms with E-state index >= 15 is 0 Å². The summed E-state index contributed by atoms with van der Waals surface area (Å²) in [7, 11) is 0. The molecule has 0 spiro atoms. The van der Waals surface area contributed by atoms with E-state index in [0.717, 1.165) is 0 Å². The van der Waals surface area contributed by atoms with E-state index in [9.17, 15) is 18.0 Å². The summed E-state index contributed by atoms with van der Waals surface area (Å²) in [6.07, 6.45) is 0.962. The minimum absolute atomic E-state index is 0.0359. The number of hydrogen-bond acceptors (Lipinski definition) is 5. The first-order chi connectivity index (χ1) is 13.3. The molecule has 0 aliphatic carbocycles. The van der Waals surface area contributed by atoms with Gasteiger partial charge in [0.15, 0.2) is 12.4 Å². The van der Waals surface area contributed by atoms with Crippen molar-refractivity contribution < 1.29 is 22.7 Å². The Morgan fingerprint density at radius 2 is 1.82 bits per heavy atom. The van der Waals surface area contributed by atoms with Crippen LogP contribution in [0.5, 0.6) is 5.88 Å². The van der Waals surface area contributed by atoms with Gasteiger partial charge in [0.05, 0.1) is 6.20 Å². The van der Waals surface area contributed by atoms with Crippen LogP contribution in [0.4, 0.5) is 13.2 Å². The summed E-state index contributed by atoms with van der Waals surface area (Å²) in [4.78, 5) is 24.1. The molecular weight excluding hydrogens is 395 g/mol. The third-order valence-electron chi connectivity index (χ3n) is 3.65. The highest BCUT2D eigenvalue weighted by Gasteiger charge is 2.29. The van der Waals surface area contributed by atoms with E-state index in [1.807, 2.05) is 0 Å². The molecule has 0 saturated carbocycles. The Kier molecular flexibility index (Phi) is 5.89.